The number of piperazine rings is 1. The Bertz CT molecular complexity index is 1700. The third kappa shape index (κ3) is 6.65. The summed E-state index contributed by atoms with van der Waals surface area (Å²) in [4.78, 5) is 49.8. The van der Waals surface area contributed by atoms with E-state index in [1.807, 2.05) is 36.1 Å². The molecule has 2 amide bonds. The first-order chi connectivity index (χ1) is 20.5. The maximum absolute atomic E-state index is 13.0. The lowest BCUT2D eigenvalue weighted by molar-refractivity contribution is 0.0735. The molecule has 1 fully saturated rings. The second-order valence-corrected chi connectivity index (χ2v) is 11.7. The molecule has 0 aliphatic carbocycles. The number of rotatable bonds is 6. The van der Waals surface area contributed by atoms with E-state index in [-0.39, 0.29) is 28.6 Å². The zero-order valence-electron chi connectivity index (χ0n) is 25.2. The number of nitrogens with one attached hydrogen (secondary N) is 3. The molecule has 1 saturated heterocycles. The predicted molar refractivity (Wildman–Crippen MR) is 169 cm³/mol. The average Bonchev–Trinajstić information content (AvgIpc) is 3.00. The van der Waals surface area contributed by atoms with E-state index in [4.69, 9.17) is 0 Å². The van der Waals surface area contributed by atoms with Crippen LogP contribution < -0.4 is 21.5 Å². The van der Waals surface area contributed by atoms with Crippen LogP contribution >= 0.6 is 0 Å². The summed E-state index contributed by atoms with van der Waals surface area (Å²) >= 11 is 0. The monoisotopic (exact) mass is 579 g/mol. The van der Waals surface area contributed by atoms with E-state index in [1.54, 1.807) is 49.8 Å². The van der Waals surface area contributed by atoms with Crippen LogP contribution in [0.25, 0.3) is 11.3 Å². The molecule has 4 aromatic rings. The molecule has 0 bridgehead atoms. The Hall–Kier alpha value is -4.83. The van der Waals surface area contributed by atoms with Gasteiger partial charge in [0, 0.05) is 79.2 Å². The molecule has 1 aliphatic heterocycles. The highest BCUT2D eigenvalue weighted by atomic mass is 16.2. The summed E-state index contributed by atoms with van der Waals surface area (Å²) in [6.45, 7) is 11.1. The van der Waals surface area contributed by atoms with Crippen LogP contribution in [0, 0.1) is 6.92 Å². The van der Waals surface area contributed by atoms with Crippen LogP contribution in [0.4, 0.5) is 17.2 Å². The molecule has 0 saturated carbocycles. The van der Waals surface area contributed by atoms with Gasteiger partial charge in [0.1, 0.15) is 0 Å². The third-order valence-electron chi connectivity index (χ3n) is 7.52. The molecule has 10 heteroatoms. The Balaban J connectivity index is 1.35. The summed E-state index contributed by atoms with van der Waals surface area (Å²) in [5.74, 6) is -0.118. The molecule has 5 rings (SSSR count). The highest BCUT2D eigenvalue weighted by Crippen LogP contribution is 2.28. The number of hydrogen-bond donors (Lipinski definition) is 3. The van der Waals surface area contributed by atoms with E-state index in [1.165, 1.54) is 4.57 Å². The Labute approximate surface area is 251 Å². The van der Waals surface area contributed by atoms with Gasteiger partial charge in [-0.25, -0.2) is 4.98 Å². The van der Waals surface area contributed by atoms with Gasteiger partial charge in [-0.2, -0.15) is 0 Å². The first-order valence-corrected chi connectivity index (χ1v) is 14.3. The number of aromatic nitrogens is 3. The Morgan fingerprint density at radius 2 is 1.65 bits per heavy atom. The molecular formula is C33H37N7O3. The number of hydrogen-bond acceptors (Lipinski definition) is 7. The van der Waals surface area contributed by atoms with Crippen molar-refractivity contribution in [2.24, 2.45) is 7.05 Å². The molecule has 43 heavy (non-hydrogen) atoms. The van der Waals surface area contributed by atoms with Crippen LogP contribution in [0.1, 0.15) is 52.7 Å². The number of anilines is 3. The average molecular weight is 580 g/mol. The smallest absolute Gasteiger partial charge is 0.293 e. The van der Waals surface area contributed by atoms with Gasteiger partial charge in [0.2, 0.25) is 0 Å². The van der Waals surface area contributed by atoms with Gasteiger partial charge >= 0.3 is 0 Å². The molecule has 3 heterocycles. The molecule has 1 aliphatic rings. The maximum atomic E-state index is 13.0. The summed E-state index contributed by atoms with van der Waals surface area (Å²) in [5, 5.41) is 9.35. The Morgan fingerprint density at radius 3 is 2.30 bits per heavy atom. The van der Waals surface area contributed by atoms with Crippen LogP contribution in [-0.4, -0.2) is 57.4 Å². The number of pyridine rings is 1. The zero-order valence-corrected chi connectivity index (χ0v) is 25.2. The molecule has 0 unspecified atom stereocenters. The van der Waals surface area contributed by atoms with Crippen LogP contribution in [-0.2, 0) is 12.5 Å². The molecule has 0 atom stereocenters. The number of benzene rings is 2. The maximum Gasteiger partial charge on any atom is 0.293 e. The molecule has 2 aromatic carbocycles. The van der Waals surface area contributed by atoms with Crippen molar-refractivity contribution in [3.05, 3.63) is 99.7 Å². The highest BCUT2D eigenvalue weighted by Gasteiger charge is 2.19. The van der Waals surface area contributed by atoms with Crippen molar-refractivity contribution in [3.63, 3.8) is 0 Å². The summed E-state index contributed by atoms with van der Waals surface area (Å²) in [6, 6.07) is 16.3. The second kappa shape index (κ2) is 12.2. The number of carbonyl (C=O) groups excluding carboxylic acids is 2. The van der Waals surface area contributed by atoms with Gasteiger partial charge in [-0.1, -0.05) is 32.9 Å². The standard InChI is InChI=1S/C33H37N7O3/c1-21-25(7-6-8-26(21)38-30(41)23-11-14-28(35-19-23)33(2,3)4)27-20-39(5)32(43)29(37-27)36-24-12-9-22(10-13-24)31(42)40-17-15-34-16-18-40/h6-14,19-20,34H,15-18H2,1-5H3,(H,36,37)(H,38,41). The first kappa shape index (κ1) is 29.7. The number of amides is 2. The predicted octanol–water partition coefficient (Wildman–Crippen LogP) is 4.49. The zero-order chi connectivity index (χ0) is 30.7. The first-order valence-electron chi connectivity index (χ1n) is 14.3. The van der Waals surface area contributed by atoms with Crippen LogP contribution in [0.3, 0.4) is 0 Å². The third-order valence-corrected chi connectivity index (χ3v) is 7.52. The fraction of sp³-hybridized carbons (Fsp3) is 0.303. The number of aryl methyl sites for hydroxylation is 1. The van der Waals surface area contributed by atoms with Gasteiger partial charge in [0.25, 0.3) is 17.4 Å². The van der Waals surface area contributed by atoms with Crippen LogP contribution in [0.5, 0.6) is 0 Å². The normalized spacial score (nSPS) is 13.5. The number of nitrogens with zero attached hydrogens (tertiary/aromatic N) is 4. The van der Waals surface area contributed by atoms with Gasteiger partial charge in [-0.3, -0.25) is 19.4 Å². The lowest BCUT2D eigenvalue weighted by Gasteiger charge is -2.27. The van der Waals surface area contributed by atoms with E-state index >= 15 is 0 Å². The minimum Gasteiger partial charge on any atom is -0.336 e. The van der Waals surface area contributed by atoms with Crippen molar-refractivity contribution in [1.29, 1.82) is 0 Å². The Kier molecular flexibility index (Phi) is 8.40. The Morgan fingerprint density at radius 1 is 0.953 bits per heavy atom. The van der Waals surface area contributed by atoms with Gasteiger partial charge in [0.05, 0.1) is 11.3 Å². The number of carbonyl (C=O) groups is 2. The van der Waals surface area contributed by atoms with Crippen LogP contribution in [0.15, 0.2) is 71.8 Å². The SMILES string of the molecule is Cc1c(NC(=O)c2ccc(C(C)(C)C)nc2)cccc1-c1cn(C)c(=O)c(Nc2ccc(C(=O)N3CCNCC3)cc2)n1. The molecular weight excluding hydrogens is 542 g/mol. The molecule has 10 nitrogen and oxygen atoms in total. The minimum atomic E-state index is -0.293. The van der Waals surface area contributed by atoms with E-state index < -0.39 is 0 Å². The minimum absolute atomic E-state index is 0.00952. The molecule has 222 valence electrons. The lowest BCUT2D eigenvalue weighted by atomic mass is 9.91. The molecule has 3 N–H and O–H groups in total. The highest BCUT2D eigenvalue weighted by molar-refractivity contribution is 6.05. The van der Waals surface area contributed by atoms with Gasteiger partial charge in [-0.05, 0) is 55.0 Å². The quantitative estimate of drug-likeness (QED) is 0.308. The van der Waals surface area contributed by atoms with Crippen molar-refractivity contribution in [1.82, 2.24) is 24.8 Å². The van der Waals surface area contributed by atoms with Crippen LogP contribution in [0.2, 0.25) is 0 Å². The van der Waals surface area contributed by atoms with Crippen molar-refractivity contribution in [3.8, 4) is 11.3 Å². The summed E-state index contributed by atoms with van der Waals surface area (Å²) in [7, 11) is 1.67. The molecule has 0 spiro atoms. The van der Waals surface area contributed by atoms with E-state index in [0.717, 1.165) is 29.9 Å². The topological polar surface area (TPSA) is 121 Å². The molecule has 2 aromatic heterocycles. The summed E-state index contributed by atoms with van der Waals surface area (Å²) in [5.41, 5.74) is 4.99. The van der Waals surface area contributed by atoms with E-state index in [9.17, 15) is 14.4 Å². The van der Waals surface area contributed by atoms with Crippen molar-refractivity contribution in [2.75, 3.05) is 36.8 Å². The second-order valence-electron chi connectivity index (χ2n) is 11.7. The van der Waals surface area contributed by atoms with Gasteiger partial charge < -0.3 is 25.4 Å². The van der Waals surface area contributed by atoms with Crippen molar-refractivity contribution in [2.45, 2.75) is 33.1 Å². The van der Waals surface area contributed by atoms with E-state index in [0.29, 0.717) is 41.3 Å². The largest absolute Gasteiger partial charge is 0.336 e. The van der Waals surface area contributed by atoms with Crippen molar-refractivity contribution >= 4 is 29.0 Å². The van der Waals surface area contributed by atoms with Crippen molar-refractivity contribution < 1.29 is 9.59 Å². The molecule has 0 radical (unpaired) electrons. The van der Waals surface area contributed by atoms with E-state index in [2.05, 4.69) is 46.7 Å². The summed E-state index contributed by atoms with van der Waals surface area (Å²) < 4.78 is 1.47. The fourth-order valence-corrected chi connectivity index (χ4v) is 4.92. The lowest BCUT2D eigenvalue weighted by Crippen LogP contribution is -2.46. The van der Waals surface area contributed by atoms with Gasteiger partial charge in [-0.15, -0.1) is 0 Å². The van der Waals surface area contributed by atoms with Gasteiger partial charge in [0.15, 0.2) is 5.82 Å². The summed E-state index contributed by atoms with van der Waals surface area (Å²) in [6.07, 6.45) is 3.26. The fourth-order valence-electron chi connectivity index (χ4n) is 4.92.